The van der Waals surface area contributed by atoms with Gasteiger partial charge in [0.2, 0.25) is 5.91 Å². The number of hydrogen-bond donors (Lipinski definition) is 4. The minimum absolute atomic E-state index is 0.0588. The second-order valence-electron chi connectivity index (χ2n) is 24.4. The summed E-state index contributed by atoms with van der Waals surface area (Å²) in [6.45, 7) is 12.7. The van der Waals surface area contributed by atoms with Gasteiger partial charge in [-0.3, -0.25) is 23.7 Å². The van der Waals surface area contributed by atoms with Crippen molar-refractivity contribution in [1.82, 2.24) is 30.5 Å². The van der Waals surface area contributed by atoms with Gasteiger partial charge in [0, 0.05) is 116 Å². The Labute approximate surface area is 474 Å². The van der Waals surface area contributed by atoms with Gasteiger partial charge in [0.25, 0.3) is 17.7 Å². The highest BCUT2D eigenvalue weighted by Gasteiger charge is 2.46. The average Bonchev–Trinajstić information content (AvgIpc) is 3.89. The number of hydroxylamine groups is 2. The molecule has 418 valence electrons. The first kappa shape index (κ1) is 53.8. The summed E-state index contributed by atoms with van der Waals surface area (Å²) < 4.78 is 14.5. The predicted molar refractivity (Wildman–Crippen MR) is 312 cm³/mol. The van der Waals surface area contributed by atoms with E-state index in [2.05, 4.69) is 37.9 Å². The number of aromatic nitrogens is 1. The quantitative estimate of drug-likeness (QED) is 0.0837. The van der Waals surface area contributed by atoms with Crippen molar-refractivity contribution in [3.63, 3.8) is 0 Å². The number of anilines is 1. The molecule has 0 saturated carbocycles. The van der Waals surface area contributed by atoms with Crippen LogP contribution in [0.1, 0.15) is 169 Å². The molecule has 0 bridgehead atoms. The van der Waals surface area contributed by atoms with Crippen LogP contribution in [0.5, 0.6) is 11.5 Å². The van der Waals surface area contributed by atoms with Crippen LogP contribution >= 0.6 is 11.6 Å². The van der Waals surface area contributed by atoms with E-state index in [4.69, 9.17) is 21.1 Å². The van der Waals surface area contributed by atoms with Crippen LogP contribution in [0.2, 0.25) is 5.02 Å². The van der Waals surface area contributed by atoms with Gasteiger partial charge in [0.1, 0.15) is 11.5 Å². The molecule has 14 nitrogen and oxygen atoms in total. The second kappa shape index (κ2) is 21.2. The minimum Gasteiger partial charge on any atom is -0.497 e. The van der Waals surface area contributed by atoms with Crippen LogP contribution in [0.15, 0.2) is 95.5 Å². The van der Waals surface area contributed by atoms with Crippen LogP contribution in [0.4, 0.5) is 5.69 Å². The van der Waals surface area contributed by atoms with Gasteiger partial charge in [-0.15, -0.1) is 0 Å². The van der Waals surface area contributed by atoms with Crippen molar-refractivity contribution in [2.75, 3.05) is 38.2 Å². The zero-order chi connectivity index (χ0) is 55.8. The zero-order valence-corrected chi connectivity index (χ0v) is 47.8. The molecule has 80 heavy (non-hydrogen) atoms. The molecule has 12 rings (SSSR count). The lowest BCUT2D eigenvalue weighted by atomic mass is 9.78. The fourth-order valence-electron chi connectivity index (χ4n) is 14.5. The zero-order valence-electron chi connectivity index (χ0n) is 47.1. The molecule has 3 amide bonds. The Balaban J connectivity index is 0.816. The van der Waals surface area contributed by atoms with Crippen LogP contribution < -0.4 is 30.3 Å². The Morgan fingerprint density at radius 3 is 2.26 bits per heavy atom. The Kier molecular flexibility index (Phi) is 14.3. The summed E-state index contributed by atoms with van der Waals surface area (Å²) in [7, 11) is 1.59. The van der Waals surface area contributed by atoms with E-state index in [1.54, 1.807) is 48.1 Å². The molecule has 3 saturated heterocycles. The number of rotatable bonds is 13. The van der Waals surface area contributed by atoms with Gasteiger partial charge in [0.15, 0.2) is 5.76 Å². The third-order valence-corrected chi connectivity index (χ3v) is 18.3. The number of piperidine rings is 3. The van der Waals surface area contributed by atoms with Crippen molar-refractivity contribution in [2.45, 2.75) is 154 Å². The first-order valence-electron chi connectivity index (χ1n) is 29.1. The maximum atomic E-state index is 15.4. The number of ether oxygens (including phenoxy) is 2. The highest BCUT2D eigenvalue weighted by atomic mass is 35.5. The van der Waals surface area contributed by atoms with Crippen LogP contribution in [0, 0.1) is 6.92 Å². The van der Waals surface area contributed by atoms with E-state index in [1.807, 2.05) is 58.9 Å². The summed E-state index contributed by atoms with van der Waals surface area (Å²) in [6.07, 6.45) is 15.2. The van der Waals surface area contributed by atoms with Crippen molar-refractivity contribution in [3.05, 3.63) is 151 Å². The molecule has 4 aromatic carbocycles. The number of hydrogen-bond acceptors (Lipinski definition) is 10. The first-order valence-corrected chi connectivity index (χ1v) is 29.4. The molecule has 5 aromatic rings. The number of allylic oxidation sites excluding steroid dienone is 3. The number of fused-ring (bicyclic) bond motifs is 4. The van der Waals surface area contributed by atoms with Crippen LogP contribution in [0.25, 0.3) is 16.5 Å². The van der Waals surface area contributed by atoms with Crippen molar-refractivity contribution >= 4 is 57.4 Å². The van der Waals surface area contributed by atoms with E-state index < -0.39 is 11.1 Å². The Morgan fingerprint density at radius 1 is 0.800 bits per heavy atom. The van der Waals surface area contributed by atoms with Gasteiger partial charge in [-0.05, 0) is 208 Å². The molecule has 3 fully saturated rings. The number of methoxy groups -OCH3 is 1. The molecule has 1 unspecified atom stereocenters. The van der Waals surface area contributed by atoms with Crippen molar-refractivity contribution in [2.24, 2.45) is 0 Å². The number of benzene rings is 4. The molecule has 15 heteroatoms. The Morgan fingerprint density at radius 2 is 1.51 bits per heavy atom. The maximum absolute atomic E-state index is 15.4. The number of halogens is 1. The second-order valence-corrected chi connectivity index (χ2v) is 24.8. The topological polar surface area (TPSA) is 158 Å². The Bertz CT molecular complexity index is 3460. The van der Waals surface area contributed by atoms with E-state index in [-0.39, 0.29) is 36.1 Å². The third kappa shape index (κ3) is 9.68. The minimum atomic E-state index is -0.596. The molecule has 1 aromatic heterocycles. The Hall–Kier alpha value is -6.87. The van der Waals surface area contributed by atoms with Gasteiger partial charge in [0.05, 0.1) is 24.7 Å². The first-order chi connectivity index (χ1) is 38.5. The van der Waals surface area contributed by atoms with Crippen molar-refractivity contribution < 1.29 is 33.9 Å². The normalized spacial score (nSPS) is 20.0. The predicted octanol–water partition coefficient (Wildman–Crippen LogP) is 11.4. The highest BCUT2D eigenvalue weighted by molar-refractivity contribution is 6.30. The van der Waals surface area contributed by atoms with Crippen molar-refractivity contribution in [1.29, 1.82) is 0 Å². The summed E-state index contributed by atoms with van der Waals surface area (Å²) in [5.74, 6) is 1.46. The van der Waals surface area contributed by atoms with E-state index >= 15 is 4.79 Å². The molecule has 0 radical (unpaired) electrons. The largest absolute Gasteiger partial charge is 0.497 e. The van der Waals surface area contributed by atoms with Crippen LogP contribution in [-0.4, -0.2) is 99.8 Å². The molecule has 8 heterocycles. The van der Waals surface area contributed by atoms with Crippen LogP contribution in [-0.2, 0) is 24.1 Å². The number of nitrogens with zero attached hydrogens (tertiary/aromatic N) is 4. The highest BCUT2D eigenvalue weighted by Crippen LogP contribution is 2.55. The van der Waals surface area contributed by atoms with E-state index in [0.717, 1.165) is 109 Å². The fourth-order valence-corrected chi connectivity index (χ4v) is 14.7. The van der Waals surface area contributed by atoms with E-state index in [0.29, 0.717) is 83.5 Å². The fraction of sp³-hybridized carbons (Fsp3) is 0.446. The SMILES string of the molecule is COc1ccc2c(c1)c(CC(=O)NCCCCNC(=O)c1ccc(C3=C4C=C5CCCC6CCCC(=C4Oc4c3cc3c7c4CCCN7CCC3)N56)c(C(=O)NC3CC(C)(C)N(O)C(C)(C)C3)c1)c(C)n2C(=O)c1ccc(Cl)cc1. The lowest BCUT2D eigenvalue weighted by Gasteiger charge is -2.51. The van der Waals surface area contributed by atoms with E-state index in [1.165, 1.54) is 46.1 Å². The van der Waals surface area contributed by atoms with Gasteiger partial charge in [-0.25, -0.2) is 0 Å². The molecule has 1 atom stereocenters. The summed E-state index contributed by atoms with van der Waals surface area (Å²) in [6, 6.07) is 20.4. The maximum Gasteiger partial charge on any atom is 0.262 e. The van der Waals surface area contributed by atoms with Gasteiger partial charge in [-0.2, -0.15) is 5.06 Å². The average molecular weight is 1100 g/mol. The number of carbonyl (C=O) groups is 4. The lowest BCUT2D eigenvalue weighted by molar-refractivity contribution is -0.245. The van der Waals surface area contributed by atoms with E-state index in [9.17, 15) is 19.6 Å². The van der Waals surface area contributed by atoms with Gasteiger partial charge >= 0.3 is 0 Å². The molecule has 0 spiro atoms. The number of nitrogens with one attached hydrogen (secondary N) is 3. The van der Waals surface area contributed by atoms with Crippen LogP contribution in [0.3, 0.4) is 0 Å². The smallest absolute Gasteiger partial charge is 0.262 e. The number of aryl methyl sites for hydroxylation is 1. The molecular weight excluding hydrogens is 1030 g/mol. The van der Waals surface area contributed by atoms with Gasteiger partial charge < -0.3 is 40.4 Å². The summed E-state index contributed by atoms with van der Waals surface area (Å²) in [4.78, 5) is 62.3. The van der Waals surface area contributed by atoms with Crippen molar-refractivity contribution in [3.8, 4) is 11.5 Å². The van der Waals surface area contributed by atoms with Gasteiger partial charge in [-0.1, -0.05) is 17.7 Å². The summed E-state index contributed by atoms with van der Waals surface area (Å²) in [5.41, 5.74) is 12.4. The summed E-state index contributed by atoms with van der Waals surface area (Å²) in [5, 5.41) is 23.6. The lowest BCUT2D eigenvalue weighted by Crippen LogP contribution is -2.63. The molecule has 4 N–H and O–H groups in total. The third-order valence-electron chi connectivity index (χ3n) is 18.1. The molecular formula is C65H74ClN7O7. The molecule has 0 aliphatic carbocycles. The summed E-state index contributed by atoms with van der Waals surface area (Å²) >= 11 is 6.13. The number of unbranched alkanes of at least 4 members (excludes halogenated alkanes) is 1. The monoisotopic (exact) mass is 1100 g/mol. The molecule has 7 aliphatic heterocycles. The molecule has 7 aliphatic rings. The number of carbonyl (C=O) groups excluding carboxylic acids is 4. The number of amides is 3. The standard InChI is InChI=1S/C65H74ClN7O7/c1-38-49(50-34-46(79-6)24-26-54(50)71(38)63(77)39-19-22-42(66)23-20-39)35-56(74)67-27-7-8-28-68-61(75)41-21-25-47(51(32-41)62(76)69-43-36-64(2,3)73(78)65(4,5)37-43)57-52-31-40-13-11-29-70-30-12-17-48(58(40)70)59(52)80-60-53(57)33-45-16-9-14-44-15-10-18-55(60)72(44)45/h19-26,31-34,43-44,78H,7-18,27-30,35-37H2,1-6H3,(H,67,74)(H,68,75)(H,69,76).